The van der Waals surface area contributed by atoms with Gasteiger partial charge in [0.25, 0.3) is 0 Å². The van der Waals surface area contributed by atoms with Crippen LogP contribution < -0.4 is 0 Å². The first kappa shape index (κ1) is 14.8. The molecule has 0 unspecified atom stereocenters. The van der Waals surface area contributed by atoms with E-state index in [4.69, 9.17) is 11.6 Å². The number of pyridine rings is 1. The van der Waals surface area contributed by atoms with Crippen LogP contribution in [0.4, 0.5) is 4.39 Å². The Morgan fingerprint density at radius 3 is 2.95 bits per heavy atom. The molecule has 0 amide bonds. The van der Waals surface area contributed by atoms with Crippen molar-refractivity contribution in [3.05, 3.63) is 50.8 Å². The second-order valence-electron chi connectivity index (χ2n) is 4.46. The first-order chi connectivity index (χ1) is 10.0. The van der Waals surface area contributed by atoms with Crippen molar-refractivity contribution in [2.75, 3.05) is 0 Å². The van der Waals surface area contributed by atoms with E-state index >= 15 is 0 Å². The summed E-state index contributed by atoms with van der Waals surface area (Å²) in [4.78, 5) is 11.9. The van der Waals surface area contributed by atoms with Crippen LogP contribution in [-0.2, 0) is 5.75 Å². The average molecular weight is 387 g/mol. The van der Waals surface area contributed by atoms with Crippen LogP contribution in [0.5, 0.6) is 0 Å². The number of H-pyrrole nitrogens is 1. The lowest BCUT2D eigenvalue weighted by atomic mass is 10.2. The van der Waals surface area contributed by atoms with Gasteiger partial charge in [0.05, 0.1) is 11.2 Å². The summed E-state index contributed by atoms with van der Waals surface area (Å²) in [6.45, 7) is 1.91. The van der Waals surface area contributed by atoms with Gasteiger partial charge in [0, 0.05) is 20.8 Å². The highest BCUT2D eigenvalue weighted by atomic mass is 79.9. The summed E-state index contributed by atoms with van der Waals surface area (Å²) < 4.78 is 14.6. The molecule has 0 aliphatic heterocycles. The summed E-state index contributed by atoms with van der Waals surface area (Å²) in [5.41, 5.74) is 2.85. The summed E-state index contributed by atoms with van der Waals surface area (Å²) in [7, 11) is 0. The highest BCUT2D eigenvalue weighted by molar-refractivity contribution is 9.10. The van der Waals surface area contributed by atoms with E-state index in [0.717, 1.165) is 15.7 Å². The molecule has 3 rings (SSSR count). The number of aromatic amines is 1. The minimum atomic E-state index is -0.303. The fraction of sp³-hybridized carbons (Fsp3) is 0.143. The molecule has 0 saturated heterocycles. The number of halogens is 3. The molecule has 2 aromatic heterocycles. The topological polar surface area (TPSA) is 41.6 Å². The van der Waals surface area contributed by atoms with E-state index in [-0.39, 0.29) is 5.82 Å². The normalized spacial score (nSPS) is 11.2. The number of nitrogens with one attached hydrogen (secondary N) is 1. The van der Waals surface area contributed by atoms with E-state index in [1.54, 1.807) is 12.1 Å². The van der Waals surface area contributed by atoms with Gasteiger partial charge in [0.1, 0.15) is 5.82 Å². The molecule has 3 nitrogen and oxygen atoms in total. The molecule has 0 atom stereocenters. The van der Waals surface area contributed by atoms with Crippen LogP contribution in [0.2, 0.25) is 5.02 Å². The smallest absolute Gasteiger partial charge is 0.178 e. The highest BCUT2D eigenvalue weighted by Crippen LogP contribution is 2.28. The molecule has 0 fully saturated rings. The van der Waals surface area contributed by atoms with E-state index in [1.165, 1.54) is 17.8 Å². The molecule has 3 aromatic rings. The molecule has 0 aliphatic carbocycles. The summed E-state index contributed by atoms with van der Waals surface area (Å²) in [6.07, 6.45) is 0. The highest BCUT2D eigenvalue weighted by Gasteiger charge is 2.11. The molecule has 0 radical (unpaired) electrons. The largest absolute Gasteiger partial charge is 0.331 e. The maximum absolute atomic E-state index is 13.7. The number of benzene rings is 1. The Balaban J connectivity index is 1.85. The van der Waals surface area contributed by atoms with Crippen LogP contribution in [-0.4, -0.2) is 15.0 Å². The zero-order valence-electron chi connectivity index (χ0n) is 11.0. The zero-order chi connectivity index (χ0) is 15.0. The number of aryl methyl sites for hydroxylation is 1. The number of hydrogen-bond donors (Lipinski definition) is 1. The first-order valence-electron chi connectivity index (χ1n) is 6.13. The van der Waals surface area contributed by atoms with E-state index in [2.05, 4.69) is 30.9 Å². The summed E-state index contributed by atoms with van der Waals surface area (Å²) in [5.74, 6) is 0.105. The van der Waals surface area contributed by atoms with Crippen molar-refractivity contribution < 1.29 is 4.39 Å². The van der Waals surface area contributed by atoms with E-state index in [9.17, 15) is 4.39 Å². The van der Waals surface area contributed by atoms with Gasteiger partial charge >= 0.3 is 0 Å². The third-order valence-corrected chi connectivity index (χ3v) is 5.05. The van der Waals surface area contributed by atoms with Gasteiger partial charge in [-0.2, -0.15) is 0 Å². The van der Waals surface area contributed by atoms with Crippen LogP contribution in [0.3, 0.4) is 0 Å². The molecular weight excluding hydrogens is 377 g/mol. The molecule has 108 valence electrons. The van der Waals surface area contributed by atoms with Gasteiger partial charge in [-0.1, -0.05) is 29.4 Å². The monoisotopic (exact) mass is 385 g/mol. The lowest BCUT2D eigenvalue weighted by Gasteiger charge is -2.03. The molecular formula is C14H10BrClFN3S. The number of aromatic nitrogens is 3. The number of rotatable bonds is 3. The van der Waals surface area contributed by atoms with Crippen LogP contribution in [0.25, 0.3) is 11.2 Å². The van der Waals surface area contributed by atoms with Gasteiger partial charge in [-0.25, -0.2) is 14.4 Å². The second kappa shape index (κ2) is 5.94. The van der Waals surface area contributed by atoms with Gasteiger partial charge in [0.2, 0.25) is 0 Å². The maximum atomic E-state index is 13.7. The Hall–Kier alpha value is -1.11. The van der Waals surface area contributed by atoms with Gasteiger partial charge in [-0.05, 0) is 41.1 Å². The maximum Gasteiger partial charge on any atom is 0.178 e. The van der Waals surface area contributed by atoms with Crippen LogP contribution >= 0.6 is 39.3 Å². The minimum Gasteiger partial charge on any atom is -0.331 e. The van der Waals surface area contributed by atoms with Crippen molar-refractivity contribution in [2.24, 2.45) is 0 Å². The third-order valence-electron chi connectivity index (χ3n) is 3.00. The number of fused-ring (bicyclic) bond motifs is 1. The summed E-state index contributed by atoms with van der Waals surface area (Å²) in [5, 5.41) is 1.12. The van der Waals surface area contributed by atoms with Gasteiger partial charge in [-0.15, -0.1) is 0 Å². The van der Waals surface area contributed by atoms with Crippen LogP contribution in [0, 0.1) is 12.7 Å². The van der Waals surface area contributed by atoms with E-state index in [0.29, 0.717) is 27.1 Å². The minimum absolute atomic E-state index is 0.303. The molecule has 0 spiro atoms. The van der Waals surface area contributed by atoms with Crippen LogP contribution in [0.1, 0.15) is 11.3 Å². The number of nitrogens with zero attached hydrogens (tertiary/aromatic N) is 2. The fourth-order valence-corrected chi connectivity index (χ4v) is 3.40. The molecule has 1 aromatic carbocycles. The Labute approximate surface area is 138 Å². The molecule has 0 saturated carbocycles. The van der Waals surface area contributed by atoms with Gasteiger partial charge in [0.15, 0.2) is 10.8 Å². The Bertz CT molecular complexity index is 762. The second-order valence-corrected chi connectivity index (χ2v) is 6.68. The van der Waals surface area contributed by atoms with Crippen molar-refractivity contribution in [1.29, 1.82) is 0 Å². The van der Waals surface area contributed by atoms with Crippen molar-refractivity contribution in [3.8, 4) is 0 Å². The molecule has 1 N–H and O–H groups in total. The van der Waals surface area contributed by atoms with Gasteiger partial charge < -0.3 is 4.98 Å². The average Bonchev–Trinajstić information content (AvgIpc) is 2.80. The quantitative estimate of drug-likeness (QED) is 0.636. The van der Waals surface area contributed by atoms with Crippen molar-refractivity contribution >= 4 is 50.5 Å². The summed E-state index contributed by atoms with van der Waals surface area (Å²) in [6, 6.07) is 6.62. The summed E-state index contributed by atoms with van der Waals surface area (Å²) >= 11 is 10.8. The lowest BCUT2D eigenvalue weighted by molar-refractivity contribution is 0.617. The Morgan fingerprint density at radius 1 is 1.38 bits per heavy atom. The standard InChI is InChI=1S/C14H10BrClFN3S/c1-7-9(15)5-12-13(18-7)20-14(19-12)21-6-8-10(16)3-2-4-11(8)17/h2-5H,6H2,1H3,(H,18,19,20). The lowest BCUT2D eigenvalue weighted by Crippen LogP contribution is -1.89. The number of thioether (sulfide) groups is 1. The van der Waals surface area contributed by atoms with Gasteiger partial charge in [-0.3, -0.25) is 0 Å². The molecule has 0 aliphatic rings. The van der Waals surface area contributed by atoms with Crippen molar-refractivity contribution in [3.63, 3.8) is 0 Å². The third kappa shape index (κ3) is 3.07. The number of hydrogen-bond acceptors (Lipinski definition) is 3. The van der Waals surface area contributed by atoms with Crippen molar-refractivity contribution in [2.45, 2.75) is 17.8 Å². The Morgan fingerprint density at radius 2 is 2.19 bits per heavy atom. The van der Waals surface area contributed by atoms with Crippen LogP contribution in [0.15, 0.2) is 33.9 Å². The zero-order valence-corrected chi connectivity index (χ0v) is 14.1. The first-order valence-corrected chi connectivity index (χ1v) is 8.29. The SMILES string of the molecule is Cc1nc2nc(SCc3c(F)cccc3Cl)[nH]c2cc1Br. The predicted octanol–water partition coefficient (Wildman–Crippen LogP) is 5.11. The molecule has 21 heavy (non-hydrogen) atoms. The van der Waals surface area contributed by atoms with E-state index < -0.39 is 0 Å². The Kier molecular flexibility index (Phi) is 4.19. The molecule has 2 heterocycles. The molecule has 7 heteroatoms. The van der Waals surface area contributed by atoms with Crippen molar-refractivity contribution in [1.82, 2.24) is 15.0 Å². The molecule has 0 bridgehead atoms. The van der Waals surface area contributed by atoms with E-state index in [1.807, 2.05) is 13.0 Å². The number of imidazole rings is 1. The fourth-order valence-electron chi connectivity index (χ4n) is 1.86. The predicted molar refractivity (Wildman–Crippen MR) is 87.3 cm³/mol.